The van der Waals surface area contributed by atoms with Crippen molar-refractivity contribution in [2.45, 2.75) is 0 Å². The van der Waals surface area contributed by atoms with Gasteiger partial charge in [0.15, 0.2) is 0 Å². The maximum Gasteiger partial charge on any atom is 0.279 e. The van der Waals surface area contributed by atoms with Gasteiger partial charge in [0.05, 0.1) is 0 Å². The van der Waals surface area contributed by atoms with E-state index in [1.165, 1.54) is 17.0 Å². The SMILES string of the molecule is Brc1csc(Oc2ccc(N3CCNCC3)cc2)n1. The van der Waals surface area contributed by atoms with Crippen LogP contribution in [0.25, 0.3) is 0 Å². The van der Waals surface area contributed by atoms with Crippen molar-refractivity contribution in [1.82, 2.24) is 10.3 Å². The number of nitrogens with one attached hydrogen (secondary N) is 1. The molecular formula is C13H14BrN3OS. The molecule has 0 spiro atoms. The molecule has 1 aromatic carbocycles. The molecule has 100 valence electrons. The Balaban J connectivity index is 1.68. The molecule has 6 heteroatoms. The number of thiazole rings is 1. The Kier molecular flexibility index (Phi) is 4.00. The number of ether oxygens (including phenoxy) is 1. The fourth-order valence-electron chi connectivity index (χ4n) is 2.03. The fourth-order valence-corrected chi connectivity index (χ4v) is 3.14. The molecule has 1 fully saturated rings. The average molecular weight is 340 g/mol. The van der Waals surface area contributed by atoms with Crippen molar-refractivity contribution in [3.05, 3.63) is 34.2 Å². The minimum Gasteiger partial charge on any atom is -0.431 e. The summed E-state index contributed by atoms with van der Waals surface area (Å²) in [6.45, 7) is 4.20. The third-order valence-electron chi connectivity index (χ3n) is 2.98. The van der Waals surface area contributed by atoms with E-state index in [2.05, 4.69) is 43.3 Å². The van der Waals surface area contributed by atoms with Gasteiger partial charge < -0.3 is 15.0 Å². The molecular weight excluding hydrogens is 326 g/mol. The summed E-state index contributed by atoms with van der Waals surface area (Å²) in [5.41, 5.74) is 1.24. The van der Waals surface area contributed by atoms with Crippen molar-refractivity contribution in [2.75, 3.05) is 31.1 Å². The third-order valence-corrected chi connectivity index (χ3v) is 4.41. The average Bonchev–Trinajstić information content (AvgIpc) is 2.86. The van der Waals surface area contributed by atoms with E-state index < -0.39 is 0 Å². The molecule has 3 rings (SSSR count). The number of piperazine rings is 1. The zero-order chi connectivity index (χ0) is 13.1. The first-order valence-corrected chi connectivity index (χ1v) is 7.83. The lowest BCUT2D eigenvalue weighted by Crippen LogP contribution is -2.43. The quantitative estimate of drug-likeness (QED) is 0.932. The topological polar surface area (TPSA) is 37.4 Å². The van der Waals surface area contributed by atoms with Crippen molar-refractivity contribution in [3.8, 4) is 10.9 Å². The number of nitrogens with zero attached hydrogens (tertiary/aromatic N) is 2. The van der Waals surface area contributed by atoms with E-state index in [1.807, 2.05) is 17.5 Å². The highest BCUT2D eigenvalue weighted by molar-refractivity contribution is 9.10. The number of aromatic nitrogens is 1. The molecule has 0 aliphatic carbocycles. The number of halogens is 1. The van der Waals surface area contributed by atoms with Crippen LogP contribution >= 0.6 is 27.3 Å². The fraction of sp³-hybridized carbons (Fsp3) is 0.308. The van der Waals surface area contributed by atoms with Gasteiger partial charge >= 0.3 is 0 Å². The van der Waals surface area contributed by atoms with Gasteiger partial charge in [-0.15, -0.1) is 0 Å². The van der Waals surface area contributed by atoms with E-state index in [1.54, 1.807) is 0 Å². The van der Waals surface area contributed by atoms with Crippen LogP contribution in [0.15, 0.2) is 34.2 Å². The molecule has 1 aliphatic heterocycles. The van der Waals surface area contributed by atoms with Crippen LogP contribution in [-0.2, 0) is 0 Å². The first-order chi connectivity index (χ1) is 9.31. The first kappa shape index (κ1) is 12.9. The monoisotopic (exact) mass is 339 g/mol. The molecule has 1 saturated heterocycles. The van der Waals surface area contributed by atoms with Gasteiger partial charge in [0.1, 0.15) is 10.4 Å². The van der Waals surface area contributed by atoms with E-state index in [-0.39, 0.29) is 0 Å². The Bertz CT molecular complexity index is 537. The Morgan fingerprint density at radius 2 is 1.95 bits per heavy atom. The molecule has 0 saturated carbocycles. The maximum absolute atomic E-state index is 5.69. The smallest absolute Gasteiger partial charge is 0.279 e. The second-order valence-corrected chi connectivity index (χ2v) is 5.90. The zero-order valence-corrected chi connectivity index (χ0v) is 12.7. The van der Waals surface area contributed by atoms with Crippen LogP contribution in [0.5, 0.6) is 10.9 Å². The molecule has 2 aromatic rings. The summed E-state index contributed by atoms with van der Waals surface area (Å²) in [6, 6.07) is 8.19. The van der Waals surface area contributed by atoms with Gasteiger partial charge in [-0.05, 0) is 40.2 Å². The number of anilines is 1. The lowest BCUT2D eigenvalue weighted by atomic mass is 10.2. The highest BCUT2D eigenvalue weighted by atomic mass is 79.9. The highest BCUT2D eigenvalue weighted by Crippen LogP contribution is 2.28. The van der Waals surface area contributed by atoms with E-state index in [0.717, 1.165) is 36.5 Å². The van der Waals surface area contributed by atoms with Gasteiger partial charge in [0.2, 0.25) is 0 Å². The van der Waals surface area contributed by atoms with Crippen molar-refractivity contribution in [1.29, 1.82) is 0 Å². The van der Waals surface area contributed by atoms with Crippen LogP contribution in [0.3, 0.4) is 0 Å². The van der Waals surface area contributed by atoms with Crippen LogP contribution in [0.1, 0.15) is 0 Å². The Labute approximate surface area is 124 Å². The number of rotatable bonds is 3. The summed E-state index contributed by atoms with van der Waals surface area (Å²) in [5.74, 6) is 0.820. The van der Waals surface area contributed by atoms with Crippen molar-refractivity contribution in [3.63, 3.8) is 0 Å². The molecule has 0 unspecified atom stereocenters. The van der Waals surface area contributed by atoms with E-state index in [0.29, 0.717) is 5.19 Å². The molecule has 2 heterocycles. The van der Waals surface area contributed by atoms with Crippen LogP contribution in [0.2, 0.25) is 0 Å². The summed E-state index contributed by atoms with van der Waals surface area (Å²) in [7, 11) is 0. The van der Waals surface area contributed by atoms with Gasteiger partial charge in [-0.2, -0.15) is 4.98 Å². The summed E-state index contributed by atoms with van der Waals surface area (Å²) in [6.07, 6.45) is 0. The van der Waals surface area contributed by atoms with Crippen molar-refractivity contribution >= 4 is 33.0 Å². The summed E-state index contributed by atoms with van der Waals surface area (Å²) < 4.78 is 6.50. The maximum atomic E-state index is 5.69. The second kappa shape index (κ2) is 5.90. The molecule has 0 atom stereocenters. The first-order valence-electron chi connectivity index (χ1n) is 6.16. The summed E-state index contributed by atoms with van der Waals surface area (Å²) in [5, 5.41) is 5.91. The Morgan fingerprint density at radius 3 is 2.58 bits per heavy atom. The third kappa shape index (κ3) is 3.26. The van der Waals surface area contributed by atoms with E-state index in [4.69, 9.17) is 4.74 Å². The normalized spacial score (nSPS) is 15.5. The van der Waals surface area contributed by atoms with Crippen LogP contribution in [-0.4, -0.2) is 31.2 Å². The standard InChI is InChI=1S/C13H14BrN3OS/c14-12-9-19-13(16-12)18-11-3-1-10(2-4-11)17-7-5-15-6-8-17/h1-4,9,15H,5-8H2. The van der Waals surface area contributed by atoms with Gasteiger partial charge in [-0.25, -0.2) is 0 Å². The van der Waals surface area contributed by atoms with E-state index >= 15 is 0 Å². The number of hydrogen-bond donors (Lipinski definition) is 1. The van der Waals surface area contributed by atoms with Crippen LogP contribution < -0.4 is 15.0 Å². The Morgan fingerprint density at radius 1 is 1.21 bits per heavy atom. The summed E-state index contributed by atoms with van der Waals surface area (Å²) in [4.78, 5) is 6.59. The molecule has 0 bridgehead atoms. The predicted octanol–water partition coefficient (Wildman–Crippen LogP) is 3.11. The molecule has 4 nitrogen and oxygen atoms in total. The zero-order valence-electron chi connectivity index (χ0n) is 10.3. The van der Waals surface area contributed by atoms with Gasteiger partial charge in [-0.3, -0.25) is 0 Å². The number of hydrogen-bond acceptors (Lipinski definition) is 5. The van der Waals surface area contributed by atoms with E-state index in [9.17, 15) is 0 Å². The van der Waals surface area contributed by atoms with Crippen LogP contribution in [0, 0.1) is 0 Å². The molecule has 1 N–H and O–H groups in total. The van der Waals surface area contributed by atoms with Gasteiger partial charge in [0, 0.05) is 37.2 Å². The molecule has 1 aliphatic rings. The van der Waals surface area contributed by atoms with Gasteiger partial charge in [-0.1, -0.05) is 11.3 Å². The van der Waals surface area contributed by atoms with Gasteiger partial charge in [0.25, 0.3) is 5.19 Å². The minimum absolute atomic E-state index is 0.654. The lowest BCUT2D eigenvalue weighted by molar-refractivity contribution is 0.478. The number of benzene rings is 1. The highest BCUT2D eigenvalue weighted by Gasteiger charge is 2.10. The predicted molar refractivity (Wildman–Crippen MR) is 81.4 cm³/mol. The molecule has 19 heavy (non-hydrogen) atoms. The lowest BCUT2D eigenvalue weighted by Gasteiger charge is -2.29. The minimum atomic E-state index is 0.654. The molecule has 0 amide bonds. The largest absolute Gasteiger partial charge is 0.431 e. The Hall–Kier alpha value is -1.11. The second-order valence-electron chi connectivity index (χ2n) is 4.27. The van der Waals surface area contributed by atoms with Crippen LogP contribution in [0.4, 0.5) is 5.69 Å². The van der Waals surface area contributed by atoms with Crippen molar-refractivity contribution < 1.29 is 4.74 Å². The molecule has 1 aromatic heterocycles. The summed E-state index contributed by atoms with van der Waals surface area (Å²) >= 11 is 4.79. The van der Waals surface area contributed by atoms with Crippen molar-refractivity contribution in [2.24, 2.45) is 0 Å². The molecule has 0 radical (unpaired) electrons.